The van der Waals surface area contributed by atoms with Crippen molar-refractivity contribution in [2.45, 2.75) is 13.3 Å². The molecule has 2 heteroatoms. The van der Waals surface area contributed by atoms with Crippen LogP contribution in [0.5, 0.6) is 0 Å². The lowest BCUT2D eigenvalue weighted by molar-refractivity contribution is 0.0696. The first-order chi connectivity index (χ1) is 5.75. The summed E-state index contributed by atoms with van der Waals surface area (Å²) >= 11 is 0. The van der Waals surface area contributed by atoms with Gasteiger partial charge >= 0.3 is 5.97 Å². The quantitative estimate of drug-likeness (QED) is 0.741. The molecule has 0 aromatic heterocycles. The number of carboxylic acid groups (broad SMARTS) is 1. The van der Waals surface area contributed by atoms with Crippen molar-refractivity contribution >= 4 is 5.97 Å². The van der Waals surface area contributed by atoms with E-state index in [9.17, 15) is 4.79 Å². The second kappa shape index (κ2) is 3.90. The minimum atomic E-state index is -0.854. The number of carbonyl (C=O) groups is 1. The number of carboxylic acids is 1. The Hall–Kier alpha value is -1.31. The van der Waals surface area contributed by atoms with Crippen molar-refractivity contribution in [1.82, 2.24) is 0 Å². The van der Waals surface area contributed by atoms with Crippen molar-refractivity contribution in [2.75, 3.05) is 0 Å². The monoisotopic (exact) mass is 163 g/mol. The van der Waals surface area contributed by atoms with Crippen LogP contribution >= 0.6 is 0 Å². The Morgan fingerprint density at radius 2 is 2.17 bits per heavy atom. The Balaban J connectivity index is 3.00. The molecule has 1 aromatic rings. The second-order valence-corrected chi connectivity index (χ2v) is 2.57. The number of rotatable bonds is 3. The van der Waals surface area contributed by atoms with Crippen LogP contribution in [0, 0.1) is 6.42 Å². The summed E-state index contributed by atoms with van der Waals surface area (Å²) in [5, 5.41) is 8.78. The summed E-state index contributed by atoms with van der Waals surface area (Å²) < 4.78 is 0. The van der Waals surface area contributed by atoms with E-state index < -0.39 is 5.97 Å². The highest BCUT2D eigenvalue weighted by atomic mass is 16.4. The Morgan fingerprint density at radius 3 is 2.75 bits per heavy atom. The molecule has 1 N–H and O–H groups in total. The topological polar surface area (TPSA) is 37.3 Å². The van der Waals surface area contributed by atoms with Crippen LogP contribution in [0.2, 0.25) is 0 Å². The van der Waals surface area contributed by atoms with Crippen molar-refractivity contribution in [3.8, 4) is 0 Å². The maximum absolute atomic E-state index is 10.7. The van der Waals surface area contributed by atoms with Crippen molar-refractivity contribution < 1.29 is 9.90 Å². The highest BCUT2D eigenvalue weighted by Gasteiger charge is 2.06. The number of benzene rings is 1. The van der Waals surface area contributed by atoms with Crippen LogP contribution in [0.15, 0.2) is 24.3 Å². The fourth-order valence-corrected chi connectivity index (χ4v) is 1.13. The Labute approximate surface area is 71.8 Å². The summed E-state index contributed by atoms with van der Waals surface area (Å²) in [6.45, 7) is 1.92. The maximum Gasteiger partial charge on any atom is 0.335 e. The molecule has 1 aromatic carbocycles. The summed E-state index contributed by atoms with van der Waals surface area (Å²) in [7, 11) is 0. The lowest BCUT2D eigenvalue weighted by atomic mass is 10.0. The highest BCUT2D eigenvalue weighted by Crippen LogP contribution is 2.10. The largest absolute Gasteiger partial charge is 0.478 e. The third kappa shape index (κ3) is 1.84. The molecule has 2 nitrogen and oxygen atoms in total. The van der Waals surface area contributed by atoms with Gasteiger partial charge in [0.05, 0.1) is 5.56 Å². The summed E-state index contributed by atoms with van der Waals surface area (Å²) in [6, 6.07) is 7.05. The van der Waals surface area contributed by atoms with E-state index in [0.717, 1.165) is 5.56 Å². The smallest absolute Gasteiger partial charge is 0.335 e. The Morgan fingerprint density at radius 1 is 1.50 bits per heavy atom. The van der Waals surface area contributed by atoms with Gasteiger partial charge in [0.25, 0.3) is 0 Å². The molecule has 0 aliphatic carbocycles. The third-order valence-electron chi connectivity index (χ3n) is 1.67. The average Bonchev–Trinajstić information content (AvgIpc) is 2.05. The van der Waals surface area contributed by atoms with E-state index in [2.05, 4.69) is 0 Å². The molecular weight excluding hydrogens is 152 g/mol. The van der Waals surface area contributed by atoms with Crippen molar-refractivity contribution in [1.29, 1.82) is 0 Å². The normalized spacial score (nSPS) is 9.75. The van der Waals surface area contributed by atoms with Gasteiger partial charge in [0.1, 0.15) is 0 Å². The van der Waals surface area contributed by atoms with E-state index in [-0.39, 0.29) is 0 Å². The predicted octanol–water partition coefficient (Wildman–Crippen LogP) is 2.15. The summed E-state index contributed by atoms with van der Waals surface area (Å²) in [5.74, 6) is -0.854. The molecule has 1 rings (SSSR count). The zero-order chi connectivity index (χ0) is 8.97. The van der Waals surface area contributed by atoms with Crippen molar-refractivity contribution in [3.63, 3.8) is 0 Å². The molecule has 0 spiro atoms. The van der Waals surface area contributed by atoms with Crippen LogP contribution < -0.4 is 0 Å². The molecule has 0 unspecified atom stereocenters. The maximum atomic E-state index is 10.7. The molecule has 0 saturated heterocycles. The molecule has 0 atom stereocenters. The minimum absolute atomic E-state index is 0.399. The van der Waals surface area contributed by atoms with Gasteiger partial charge in [-0.1, -0.05) is 25.1 Å². The van der Waals surface area contributed by atoms with Crippen LogP contribution in [0.3, 0.4) is 0 Å². The van der Waals surface area contributed by atoms with Gasteiger partial charge in [0.2, 0.25) is 0 Å². The standard InChI is InChI=1S/C10H11O2/c1-2-5-8-6-3-4-7-9(8)10(11)12/h2-4,6-7H,5H2,1H3,(H,11,12). The van der Waals surface area contributed by atoms with Gasteiger partial charge < -0.3 is 5.11 Å². The van der Waals surface area contributed by atoms with E-state index >= 15 is 0 Å². The van der Waals surface area contributed by atoms with Crippen molar-refractivity contribution in [2.24, 2.45) is 0 Å². The first-order valence-corrected chi connectivity index (χ1v) is 3.84. The second-order valence-electron chi connectivity index (χ2n) is 2.57. The molecule has 0 bridgehead atoms. The first-order valence-electron chi connectivity index (χ1n) is 3.84. The van der Waals surface area contributed by atoms with Crippen LogP contribution in [-0.4, -0.2) is 11.1 Å². The molecule has 0 heterocycles. The third-order valence-corrected chi connectivity index (χ3v) is 1.67. The molecule has 63 valence electrons. The zero-order valence-corrected chi connectivity index (χ0v) is 6.95. The molecular formula is C10H11O2. The number of hydrogen-bond acceptors (Lipinski definition) is 1. The average molecular weight is 163 g/mol. The van der Waals surface area contributed by atoms with Gasteiger partial charge in [-0.15, -0.1) is 0 Å². The van der Waals surface area contributed by atoms with Crippen LogP contribution in [0.4, 0.5) is 0 Å². The van der Waals surface area contributed by atoms with Gasteiger partial charge in [-0.3, -0.25) is 0 Å². The molecule has 0 saturated carbocycles. The molecule has 0 aliphatic rings. The van der Waals surface area contributed by atoms with Gasteiger partial charge in [0, 0.05) is 0 Å². The zero-order valence-electron chi connectivity index (χ0n) is 6.95. The molecule has 0 fully saturated rings. The summed E-state index contributed by atoms with van der Waals surface area (Å²) in [6.07, 6.45) is 2.66. The van der Waals surface area contributed by atoms with Gasteiger partial charge in [-0.05, 0) is 24.5 Å². The Kier molecular flexibility index (Phi) is 2.86. The van der Waals surface area contributed by atoms with Crippen LogP contribution in [-0.2, 0) is 6.42 Å². The molecule has 1 radical (unpaired) electrons. The highest BCUT2D eigenvalue weighted by molar-refractivity contribution is 5.89. The SMILES string of the molecule is C[CH]Cc1ccccc1C(=O)O. The number of aromatic carboxylic acids is 1. The number of hydrogen-bond donors (Lipinski definition) is 1. The van der Waals surface area contributed by atoms with E-state index in [1.165, 1.54) is 0 Å². The lowest BCUT2D eigenvalue weighted by Gasteiger charge is -2.02. The summed E-state index contributed by atoms with van der Waals surface area (Å²) in [5.41, 5.74) is 1.27. The van der Waals surface area contributed by atoms with E-state index in [0.29, 0.717) is 12.0 Å². The van der Waals surface area contributed by atoms with Crippen LogP contribution in [0.25, 0.3) is 0 Å². The van der Waals surface area contributed by atoms with E-state index in [1.54, 1.807) is 12.1 Å². The fraction of sp³-hybridized carbons (Fsp3) is 0.200. The fourth-order valence-electron chi connectivity index (χ4n) is 1.13. The van der Waals surface area contributed by atoms with Crippen LogP contribution in [0.1, 0.15) is 22.8 Å². The predicted molar refractivity (Wildman–Crippen MR) is 47.1 cm³/mol. The molecule has 0 aliphatic heterocycles. The van der Waals surface area contributed by atoms with Crippen molar-refractivity contribution in [3.05, 3.63) is 41.8 Å². The van der Waals surface area contributed by atoms with Gasteiger partial charge in [0.15, 0.2) is 0 Å². The van der Waals surface area contributed by atoms with Gasteiger partial charge in [-0.2, -0.15) is 0 Å². The molecule has 12 heavy (non-hydrogen) atoms. The van der Waals surface area contributed by atoms with E-state index in [4.69, 9.17) is 5.11 Å². The first kappa shape index (κ1) is 8.78. The summed E-state index contributed by atoms with van der Waals surface area (Å²) in [4.78, 5) is 10.7. The lowest BCUT2D eigenvalue weighted by Crippen LogP contribution is -2.01. The van der Waals surface area contributed by atoms with Gasteiger partial charge in [-0.25, -0.2) is 4.79 Å². The minimum Gasteiger partial charge on any atom is -0.478 e. The molecule has 0 amide bonds. The Bertz CT molecular complexity index is 279. The van der Waals surface area contributed by atoms with E-state index in [1.807, 2.05) is 25.5 Å².